The van der Waals surface area contributed by atoms with E-state index in [0.29, 0.717) is 6.54 Å². The summed E-state index contributed by atoms with van der Waals surface area (Å²) in [5, 5.41) is 0.772. The van der Waals surface area contributed by atoms with Gasteiger partial charge in [-0.1, -0.05) is 41.4 Å². The topological polar surface area (TPSA) is 26.0 Å². The van der Waals surface area contributed by atoms with Gasteiger partial charge in [0, 0.05) is 9.50 Å². The molecule has 14 heavy (non-hydrogen) atoms. The number of nitrogens with two attached hydrogens (primary N) is 1. The Balaban J connectivity index is 3.10. The van der Waals surface area contributed by atoms with Gasteiger partial charge in [0.15, 0.2) is 0 Å². The molecule has 0 amide bonds. The van der Waals surface area contributed by atoms with Crippen molar-refractivity contribution in [2.45, 2.75) is 25.7 Å². The smallest absolute Gasteiger partial charge is 0.0409 e. The molecule has 0 bridgehead atoms. The zero-order chi connectivity index (χ0) is 10.8. The lowest BCUT2D eigenvalue weighted by atomic mass is 9.82. The van der Waals surface area contributed by atoms with E-state index in [1.807, 2.05) is 18.2 Å². The molecule has 0 aromatic heterocycles. The molecule has 0 saturated carbocycles. The molecule has 0 unspecified atom stereocenters. The lowest BCUT2D eigenvalue weighted by Gasteiger charge is -2.26. The van der Waals surface area contributed by atoms with E-state index in [-0.39, 0.29) is 5.41 Å². The molecule has 0 radical (unpaired) electrons. The van der Waals surface area contributed by atoms with Crippen molar-refractivity contribution in [3.8, 4) is 0 Å². The number of hydrogen-bond acceptors (Lipinski definition) is 1. The second-order valence-electron chi connectivity index (χ2n) is 4.05. The van der Waals surface area contributed by atoms with Crippen LogP contribution in [0.2, 0.25) is 5.02 Å². The summed E-state index contributed by atoms with van der Waals surface area (Å²) in [6.45, 7) is 5.04. The van der Waals surface area contributed by atoms with Gasteiger partial charge in [0.05, 0.1) is 0 Å². The van der Waals surface area contributed by atoms with E-state index in [1.54, 1.807) is 0 Å². The Morgan fingerprint density at radius 1 is 1.43 bits per heavy atom. The van der Waals surface area contributed by atoms with Crippen molar-refractivity contribution < 1.29 is 0 Å². The van der Waals surface area contributed by atoms with Crippen molar-refractivity contribution in [2.24, 2.45) is 5.73 Å². The monoisotopic (exact) mass is 275 g/mol. The first-order valence-corrected chi connectivity index (χ1v) is 5.80. The van der Waals surface area contributed by atoms with Gasteiger partial charge in [0.25, 0.3) is 0 Å². The quantitative estimate of drug-likeness (QED) is 0.894. The molecule has 3 heteroatoms. The molecule has 0 heterocycles. The first kappa shape index (κ1) is 12.0. The van der Waals surface area contributed by atoms with Crippen molar-refractivity contribution in [2.75, 3.05) is 6.54 Å². The van der Waals surface area contributed by atoms with E-state index < -0.39 is 0 Å². The molecule has 1 aromatic carbocycles. The minimum atomic E-state index is 0.0679. The summed E-state index contributed by atoms with van der Waals surface area (Å²) < 4.78 is 1.10. The van der Waals surface area contributed by atoms with Crippen LogP contribution in [0.25, 0.3) is 0 Å². The van der Waals surface area contributed by atoms with Gasteiger partial charge in [-0.25, -0.2) is 0 Å². The van der Waals surface area contributed by atoms with Gasteiger partial charge < -0.3 is 5.73 Å². The van der Waals surface area contributed by atoms with E-state index in [1.165, 1.54) is 5.56 Å². The minimum absolute atomic E-state index is 0.0679. The molecule has 1 aromatic rings. The first-order valence-electron chi connectivity index (χ1n) is 4.63. The summed E-state index contributed by atoms with van der Waals surface area (Å²) in [6, 6.07) is 5.87. The highest BCUT2D eigenvalue weighted by molar-refractivity contribution is 9.10. The summed E-state index contributed by atoms with van der Waals surface area (Å²) in [5.41, 5.74) is 6.88. The van der Waals surface area contributed by atoms with Gasteiger partial charge in [-0.2, -0.15) is 0 Å². The van der Waals surface area contributed by atoms with Gasteiger partial charge in [-0.05, 0) is 42.1 Å². The summed E-state index contributed by atoms with van der Waals surface area (Å²) in [6.07, 6.45) is 0.950. The van der Waals surface area contributed by atoms with Crippen LogP contribution >= 0.6 is 27.5 Å². The molecule has 2 N–H and O–H groups in total. The number of benzene rings is 1. The first-order chi connectivity index (χ1) is 6.47. The highest BCUT2D eigenvalue weighted by Gasteiger charge is 2.22. The van der Waals surface area contributed by atoms with Gasteiger partial charge in [-0.15, -0.1) is 0 Å². The molecule has 0 fully saturated rings. The van der Waals surface area contributed by atoms with Crippen LogP contribution in [0.15, 0.2) is 22.7 Å². The fourth-order valence-corrected chi connectivity index (χ4v) is 2.47. The number of rotatable bonds is 3. The van der Waals surface area contributed by atoms with E-state index in [9.17, 15) is 0 Å². The van der Waals surface area contributed by atoms with Crippen LogP contribution in [-0.4, -0.2) is 6.54 Å². The normalized spacial score (nSPS) is 11.8. The average Bonchev–Trinajstić information content (AvgIpc) is 2.09. The van der Waals surface area contributed by atoms with Gasteiger partial charge in [0.2, 0.25) is 0 Å². The van der Waals surface area contributed by atoms with Gasteiger partial charge >= 0.3 is 0 Å². The molecule has 0 atom stereocenters. The fourth-order valence-electron chi connectivity index (χ4n) is 1.51. The lowest BCUT2D eigenvalue weighted by molar-refractivity contribution is 0.485. The molecule has 0 aliphatic carbocycles. The van der Waals surface area contributed by atoms with Gasteiger partial charge in [0.1, 0.15) is 0 Å². The fraction of sp³-hybridized carbons (Fsp3) is 0.455. The van der Waals surface area contributed by atoms with Crippen molar-refractivity contribution in [1.82, 2.24) is 0 Å². The third-order valence-corrected chi connectivity index (χ3v) is 3.35. The maximum atomic E-state index is 5.97. The second-order valence-corrected chi connectivity index (χ2v) is 5.34. The predicted octanol–water partition coefficient (Wildman–Crippen LogP) is 3.73. The Kier molecular flexibility index (Phi) is 3.99. The highest BCUT2D eigenvalue weighted by Crippen LogP contribution is 2.34. The SMILES string of the molecule is CC(C)(CCN)c1cc(Cl)ccc1Br. The molecule has 0 aliphatic rings. The van der Waals surface area contributed by atoms with Gasteiger partial charge in [-0.3, -0.25) is 0 Å². The Labute approximate surface area is 98.8 Å². The second kappa shape index (κ2) is 4.65. The number of halogens is 2. The van der Waals surface area contributed by atoms with Crippen LogP contribution in [0.5, 0.6) is 0 Å². The predicted molar refractivity (Wildman–Crippen MR) is 65.8 cm³/mol. The molecule has 0 saturated heterocycles. The zero-order valence-corrected chi connectivity index (χ0v) is 10.8. The minimum Gasteiger partial charge on any atom is -0.330 e. The average molecular weight is 277 g/mol. The zero-order valence-electron chi connectivity index (χ0n) is 8.48. The van der Waals surface area contributed by atoms with E-state index in [2.05, 4.69) is 29.8 Å². The van der Waals surface area contributed by atoms with Crippen LogP contribution in [0.3, 0.4) is 0 Å². The molecule has 1 rings (SSSR count). The largest absolute Gasteiger partial charge is 0.330 e. The van der Waals surface area contributed by atoms with Crippen molar-refractivity contribution in [1.29, 1.82) is 0 Å². The maximum absolute atomic E-state index is 5.97. The Bertz CT molecular complexity index is 323. The van der Waals surface area contributed by atoms with Crippen molar-refractivity contribution in [3.63, 3.8) is 0 Å². The molecule has 78 valence electrons. The molecule has 0 spiro atoms. The van der Waals surface area contributed by atoms with Crippen LogP contribution in [0.1, 0.15) is 25.8 Å². The summed E-state index contributed by atoms with van der Waals surface area (Å²) in [4.78, 5) is 0. The standard InChI is InChI=1S/C11H15BrClN/c1-11(2,5-6-14)9-7-8(13)3-4-10(9)12/h3-4,7H,5-6,14H2,1-2H3. The van der Waals surface area contributed by atoms with E-state index in [0.717, 1.165) is 15.9 Å². The molecule has 1 nitrogen and oxygen atoms in total. The van der Waals surface area contributed by atoms with E-state index >= 15 is 0 Å². The molecular weight excluding hydrogens is 261 g/mol. The summed E-state index contributed by atoms with van der Waals surface area (Å²) in [5.74, 6) is 0. The summed E-state index contributed by atoms with van der Waals surface area (Å²) in [7, 11) is 0. The van der Waals surface area contributed by atoms with Crippen molar-refractivity contribution in [3.05, 3.63) is 33.3 Å². The van der Waals surface area contributed by atoms with Crippen LogP contribution in [0, 0.1) is 0 Å². The highest BCUT2D eigenvalue weighted by atomic mass is 79.9. The third-order valence-electron chi connectivity index (χ3n) is 2.43. The van der Waals surface area contributed by atoms with Crippen LogP contribution < -0.4 is 5.73 Å². The Morgan fingerprint density at radius 2 is 2.07 bits per heavy atom. The summed E-state index contributed by atoms with van der Waals surface area (Å²) >= 11 is 9.51. The third kappa shape index (κ3) is 2.72. The maximum Gasteiger partial charge on any atom is 0.0409 e. The Hall–Kier alpha value is -0.0500. The molecule has 0 aliphatic heterocycles. The molecular formula is C11H15BrClN. The van der Waals surface area contributed by atoms with Crippen LogP contribution in [-0.2, 0) is 5.41 Å². The number of hydrogen-bond donors (Lipinski definition) is 1. The van der Waals surface area contributed by atoms with Crippen LogP contribution in [0.4, 0.5) is 0 Å². The Morgan fingerprint density at radius 3 is 2.64 bits per heavy atom. The van der Waals surface area contributed by atoms with E-state index in [4.69, 9.17) is 17.3 Å². The van der Waals surface area contributed by atoms with Crippen molar-refractivity contribution >= 4 is 27.5 Å². The lowest BCUT2D eigenvalue weighted by Crippen LogP contribution is -2.22.